The molecule has 0 bridgehead atoms. The van der Waals surface area contributed by atoms with Crippen molar-refractivity contribution in [2.45, 2.75) is 57.8 Å². The van der Waals surface area contributed by atoms with Crippen molar-refractivity contribution < 1.29 is 0 Å². The van der Waals surface area contributed by atoms with E-state index in [9.17, 15) is 0 Å². The molecule has 0 atom stereocenters. The van der Waals surface area contributed by atoms with Crippen LogP contribution in [0, 0.1) is 0 Å². The van der Waals surface area contributed by atoms with Gasteiger partial charge in [0.05, 0.1) is 5.41 Å². The van der Waals surface area contributed by atoms with Crippen molar-refractivity contribution in [1.29, 1.82) is 0 Å². The molecule has 250 valence electrons. The van der Waals surface area contributed by atoms with E-state index >= 15 is 0 Å². The Bertz CT molecular complexity index is 2230. The first-order valence-corrected chi connectivity index (χ1v) is 17.9. The zero-order valence-corrected chi connectivity index (χ0v) is 30.3. The lowest BCUT2D eigenvalue weighted by atomic mass is 9.67. The Labute approximate surface area is 302 Å². The van der Waals surface area contributed by atoms with Crippen LogP contribution in [0.1, 0.15) is 74.9 Å². The van der Waals surface area contributed by atoms with Crippen molar-refractivity contribution >= 4 is 0 Å². The largest absolute Gasteiger partial charge is 0.208 e. The van der Waals surface area contributed by atoms with Crippen LogP contribution in [0.3, 0.4) is 0 Å². The van der Waals surface area contributed by atoms with E-state index in [1.807, 2.05) is 36.4 Å². The molecule has 6 aromatic carbocycles. The molecule has 0 saturated heterocycles. The lowest BCUT2D eigenvalue weighted by molar-refractivity contribution is 0.588. The van der Waals surface area contributed by atoms with Crippen molar-refractivity contribution in [3.8, 4) is 45.3 Å². The molecular weight excluding hydrogens is 619 g/mol. The first-order valence-electron chi connectivity index (χ1n) is 17.9. The molecule has 3 heteroatoms. The zero-order chi connectivity index (χ0) is 35.4. The third-order valence-electron chi connectivity index (χ3n) is 10.4. The smallest absolute Gasteiger partial charge is 0.164 e. The molecule has 3 nitrogen and oxygen atoms in total. The summed E-state index contributed by atoms with van der Waals surface area (Å²) in [6, 6.07) is 54.6. The lowest BCUT2D eigenvalue weighted by Crippen LogP contribution is -2.29. The number of fused-ring (bicyclic) bond motifs is 3. The average Bonchev–Trinajstić information content (AvgIpc) is 3.46. The molecule has 0 saturated carbocycles. The zero-order valence-electron chi connectivity index (χ0n) is 30.3. The average molecular weight is 662 g/mol. The summed E-state index contributed by atoms with van der Waals surface area (Å²) in [5, 5.41) is 0. The van der Waals surface area contributed by atoms with Crippen molar-refractivity contribution in [2.24, 2.45) is 0 Å². The summed E-state index contributed by atoms with van der Waals surface area (Å²) >= 11 is 0. The van der Waals surface area contributed by atoms with Gasteiger partial charge in [-0.2, -0.15) is 0 Å². The summed E-state index contributed by atoms with van der Waals surface area (Å²) in [6.07, 6.45) is 0. The maximum Gasteiger partial charge on any atom is 0.164 e. The molecule has 1 aromatic heterocycles. The molecule has 0 radical (unpaired) electrons. The molecule has 1 heterocycles. The molecule has 0 spiro atoms. The summed E-state index contributed by atoms with van der Waals surface area (Å²) in [6.45, 7) is 13.7. The Hall–Kier alpha value is -5.67. The third kappa shape index (κ3) is 5.58. The Kier molecular flexibility index (Phi) is 7.83. The maximum absolute atomic E-state index is 5.20. The predicted molar refractivity (Wildman–Crippen MR) is 211 cm³/mol. The normalized spacial score (nSPS) is 13.5. The number of hydrogen-bond acceptors (Lipinski definition) is 3. The van der Waals surface area contributed by atoms with Crippen LogP contribution in [-0.4, -0.2) is 15.0 Å². The molecule has 1 aliphatic carbocycles. The van der Waals surface area contributed by atoms with Gasteiger partial charge in [0.15, 0.2) is 17.5 Å². The summed E-state index contributed by atoms with van der Waals surface area (Å²) in [5.41, 5.74) is 12.4. The van der Waals surface area contributed by atoms with E-state index in [0.29, 0.717) is 17.5 Å². The van der Waals surface area contributed by atoms with Gasteiger partial charge in [-0.15, -0.1) is 0 Å². The number of benzene rings is 6. The van der Waals surface area contributed by atoms with Crippen LogP contribution in [0.2, 0.25) is 0 Å². The van der Waals surface area contributed by atoms with Crippen molar-refractivity contribution in [1.82, 2.24) is 15.0 Å². The quantitative estimate of drug-likeness (QED) is 0.184. The molecule has 7 aromatic rings. The van der Waals surface area contributed by atoms with Crippen LogP contribution in [0.15, 0.2) is 152 Å². The van der Waals surface area contributed by atoms with Gasteiger partial charge in [-0.25, -0.2) is 15.0 Å². The Morgan fingerprint density at radius 3 is 1.27 bits per heavy atom. The minimum atomic E-state index is -0.549. The second kappa shape index (κ2) is 12.3. The summed E-state index contributed by atoms with van der Waals surface area (Å²) < 4.78 is 0. The highest BCUT2D eigenvalue weighted by atomic mass is 15.0. The molecule has 8 rings (SSSR count). The van der Waals surface area contributed by atoms with E-state index in [0.717, 1.165) is 22.3 Å². The molecule has 0 amide bonds. The Morgan fingerprint density at radius 1 is 0.373 bits per heavy atom. The number of nitrogens with zero attached hydrogens (tertiary/aromatic N) is 3. The van der Waals surface area contributed by atoms with Gasteiger partial charge in [0, 0.05) is 16.7 Å². The number of rotatable bonds is 5. The van der Waals surface area contributed by atoms with E-state index in [-0.39, 0.29) is 10.8 Å². The van der Waals surface area contributed by atoms with E-state index in [1.165, 1.54) is 38.9 Å². The van der Waals surface area contributed by atoms with E-state index in [1.54, 1.807) is 0 Å². The summed E-state index contributed by atoms with van der Waals surface area (Å²) in [5.74, 6) is 1.98. The second-order valence-corrected chi connectivity index (χ2v) is 15.7. The fourth-order valence-corrected chi connectivity index (χ4v) is 7.67. The first kappa shape index (κ1) is 32.5. The monoisotopic (exact) mass is 661 g/mol. The molecule has 0 aliphatic heterocycles. The van der Waals surface area contributed by atoms with E-state index in [4.69, 9.17) is 15.0 Å². The Balaban J connectivity index is 1.43. The van der Waals surface area contributed by atoms with E-state index < -0.39 is 5.41 Å². The van der Waals surface area contributed by atoms with Gasteiger partial charge in [0.2, 0.25) is 0 Å². The van der Waals surface area contributed by atoms with Crippen LogP contribution in [-0.2, 0) is 16.2 Å². The Morgan fingerprint density at radius 2 is 0.784 bits per heavy atom. The van der Waals surface area contributed by atoms with Crippen LogP contribution in [0.25, 0.3) is 45.3 Å². The van der Waals surface area contributed by atoms with Crippen LogP contribution < -0.4 is 0 Å². The highest BCUT2D eigenvalue weighted by Crippen LogP contribution is 2.58. The second-order valence-electron chi connectivity index (χ2n) is 15.7. The maximum atomic E-state index is 5.20. The number of aromatic nitrogens is 3. The summed E-state index contributed by atoms with van der Waals surface area (Å²) in [4.78, 5) is 15.4. The minimum absolute atomic E-state index is 0.0459. The molecule has 0 unspecified atom stereocenters. The van der Waals surface area contributed by atoms with E-state index in [2.05, 4.69) is 157 Å². The van der Waals surface area contributed by atoms with Crippen molar-refractivity contribution in [3.05, 3.63) is 185 Å². The van der Waals surface area contributed by atoms with Gasteiger partial charge in [-0.3, -0.25) is 0 Å². The highest BCUT2D eigenvalue weighted by molar-refractivity contribution is 5.94. The standard InChI is InChI=1S/C48H43N3/c1-46(2,3)34-24-28-36(29-25-34)48(37-30-26-35(27-31-37)47(4,5)6)40-22-14-13-20-38(40)42-39(21-15-23-41(42)48)45-50-43(32-16-9-7-10-17-32)49-44(51-45)33-18-11-8-12-19-33/h7-31H,1-6H3. The predicted octanol–water partition coefficient (Wildman–Crippen LogP) is 11.8. The molecule has 0 N–H and O–H groups in total. The molecule has 51 heavy (non-hydrogen) atoms. The highest BCUT2D eigenvalue weighted by Gasteiger charge is 2.47. The van der Waals surface area contributed by atoms with Gasteiger partial charge in [-0.1, -0.05) is 193 Å². The molecule has 1 aliphatic rings. The van der Waals surface area contributed by atoms with Gasteiger partial charge < -0.3 is 0 Å². The van der Waals surface area contributed by atoms with Gasteiger partial charge in [-0.05, 0) is 55.3 Å². The minimum Gasteiger partial charge on any atom is -0.208 e. The van der Waals surface area contributed by atoms with Gasteiger partial charge in [0.1, 0.15) is 0 Å². The topological polar surface area (TPSA) is 38.7 Å². The molecule has 0 fully saturated rings. The number of hydrogen-bond donors (Lipinski definition) is 0. The summed E-state index contributed by atoms with van der Waals surface area (Å²) in [7, 11) is 0. The lowest BCUT2D eigenvalue weighted by Gasteiger charge is -2.35. The van der Waals surface area contributed by atoms with Crippen LogP contribution >= 0.6 is 0 Å². The van der Waals surface area contributed by atoms with Crippen molar-refractivity contribution in [2.75, 3.05) is 0 Å². The van der Waals surface area contributed by atoms with Gasteiger partial charge in [0.25, 0.3) is 0 Å². The van der Waals surface area contributed by atoms with Crippen LogP contribution in [0.4, 0.5) is 0 Å². The first-order chi connectivity index (χ1) is 24.5. The van der Waals surface area contributed by atoms with Crippen LogP contribution in [0.5, 0.6) is 0 Å². The SMILES string of the molecule is CC(C)(C)c1ccc(C2(c3ccc(C(C)(C)C)cc3)c3ccccc3-c3c(-c4nc(-c5ccccc5)nc(-c5ccccc5)n4)cccc32)cc1. The van der Waals surface area contributed by atoms with Gasteiger partial charge >= 0.3 is 0 Å². The van der Waals surface area contributed by atoms with Crippen molar-refractivity contribution in [3.63, 3.8) is 0 Å². The molecular formula is C48H43N3. The fraction of sp³-hybridized carbons (Fsp3) is 0.188. The fourth-order valence-electron chi connectivity index (χ4n) is 7.67. The third-order valence-corrected chi connectivity index (χ3v) is 10.4.